The Kier molecular flexibility index (Phi) is 9.63. The van der Waals surface area contributed by atoms with Crippen molar-refractivity contribution in [2.24, 2.45) is 5.92 Å². The van der Waals surface area contributed by atoms with Crippen LogP contribution in [-0.4, -0.2) is 36.5 Å². The van der Waals surface area contributed by atoms with Gasteiger partial charge in [0.05, 0.1) is 0 Å². The summed E-state index contributed by atoms with van der Waals surface area (Å²) in [6, 6.07) is 0. The van der Waals surface area contributed by atoms with Crippen molar-refractivity contribution in [3.63, 3.8) is 0 Å². The van der Waals surface area contributed by atoms with Crippen LogP contribution in [0.4, 0.5) is 0 Å². The van der Waals surface area contributed by atoms with Crippen molar-refractivity contribution in [2.45, 2.75) is 26.7 Å². The third-order valence-corrected chi connectivity index (χ3v) is 3.53. The quantitative estimate of drug-likeness (QED) is 0.429. The van der Waals surface area contributed by atoms with Gasteiger partial charge in [-0.2, -0.15) is 11.8 Å². The zero-order valence-electron chi connectivity index (χ0n) is 9.96. The molecule has 0 amide bonds. The van der Waals surface area contributed by atoms with E-state index in [0.29, 0.717) is 5.92 Å². The zero-order chi connectivity index (χ0) is 10.8. The minimum absolute atomic E-state index is 0.656. The maximum absolute atomic E-state index is 3.91. The van der Waals surface area contributed by atoms with Gasteiger partial charge in [0, 0.05) is 12.3 Å². The molecule has 0 aromatic heterocycles. The van der Waals surface area contributed by atoms with E-state index in [2.05, 4.69) is 38.5 Å². The van der Waals surface area contributed by atoms with Crippen LogP contribution < -0.4 is 0 Å². The van der Waals surface area contributed by atoms with Crippen LogP contribution in [0, 0.1) is 5.92 Å². The summed E-state index contributed by atoms with van der Waals surface area (Å²) < 4.78 is 0. The van der Waals surface area contributed by atoms with Gasteiger partial charge in [0.1, 0.15) is 0 Å². The standard InChI is InChI=1S/C12H25NS/c1-5-8-13(4)10-12(7-3)11-14-9-6-2/h7,12H,3,5-6,8-11H2,1-2,4H3. The van der Waals surface area contributed by atoms with E-state index < -0.39 is 0 Å². The Morgan fingerprint density at radius 3 is 2.57 bits per heavy atom. The van der Waals surface area contributed by atoms with Crippen LogP contribution in [0.5, 0.6) is 0 Å². The lowest BCUT2D eigenvalue weighted by Crippen LogP contribution is -2.26. The number of hydrogen-bond acceptors (Lipinski definition) is 2. The smallest absolute Gasteiger partial charge is 0.00491 e. The van der Waals surface area contributed by atoms with Crippen LogP contribution in [0.25, 0.3) is 0 Å². The maximum Gasteiger partial charge on any atom is 0.00491 e. The average molecular weight is 215 g/mol. The van der Waals surface area contributed by atoms with Crippen LogP contribution in [0.1, 0.15) is 26.7 Å². The van der Waals surface area contributed by atoms with Crippen molar-refractivity contribution in [3.05, 3.63) is 12.7 Å². The van der Waals surface area contributed by atoms with Crippen LogP contribution >= 0.6 is 11.8 Å². The van der Waals surface area contributed by atoms with Gasteiger partial charge in [-0.1, -0.05) is 19.9 Å². The van der Waals surface area contributed by atoms with Crippen molar-refractivity contribution < 1.29 is 0 Å². The molecule has 0 aliphatic carbocycles. The highest BCUT2D eigenvalue weighted by molar-refractivity contribution is 7.99. The Labute approximate surface area is 93.9 Å². The summed E-state index contributed by atoms with van der Waals surface area (Å²) in [6.07, 6.45) is 4.62. The summed E-state index contributed by atoms with van der Waals surface area (Å²) in [6.45, 7) is 10.7. The van der Waals surface area contributed by atoms with Crippen molar-refractivity contribution in [1.82, 2.24) is 4.90 Å². The molecule has 0 bridgehead atoms. The molecule has 0 radical (unpaired) electrons. The lowest BCUT2D eigenvalue weighted by atomic mass is 10.1. The molecule has 1 atom stereocenters. The molecule has 0 aromatic carbocycles. The van der Waals surface area contributed by atoms with Crippen LogP contribution in [-0.2, 0) is 0 Å². The third-order valence-electron chi connectivity index (χ3n) is 2.17. The molecular formula is C12H25NS. The number of rotatable bonds is 9. The second-order valence-corrected chi connectivity index (χ2v) is 4.98. The molecule has 0 rings (SSSR count). The Balaban J connectivity index is 3.61. The van der Waals surface area contributed by atoms with Gasteiger partial charge in [0.25, 0.3) is 0 Å². The predicted molar refractivity (Wildman–Crippen MR) is 69.1 cm³/mol. The highest BCUT2D eigenvalue weighted by Crippen LogP contribution is 2.12. The van der Waals surface area contributed by atoms with Gasteiger partial charge in [-0.05, 0) is 38.1 Å². The molecule has 0 aliphatic heterocycles. The number of thioether (sulfide) groups is 1. The molecular weight excluding hydrogens is 190 g/mol. The monoisotopic (exact) mass is 215 g/mol. The first-order valence-electron chi connectivity index (χ1n) is 5.63. The SMILES string of the molecule is C=CC(CSCCC)CN(C)CCC. The maximum atomic E-state index is 3.91. The Morgan fingerprint density at radius 2 is 2.07 bits per heavy atom. The molecule has 0 saturated carbocycles. The Hall–Kier alpha value is 0.0500. The first kappa shape index (κ1) is 14.1. The Bertz CT molecular complexity index is 136. The molecule has 1 nitrogen and oxygen atoms in total. The molecule has 0 heterocycles. The predicted octanol–water partition coefficient (Wildman–Crippen LogP) is 3.27. The van der Waals surface area contributed by atoms with Crippen LogP contribution in [0.3, 0.4) is 0 Å². The fourth-order valence-corrected chi connectivity index (χ4v) is 2.45. The number of nitrogens with zero attached hydrogens (tertiary/aromatic N) is 1. The molecule has 1 unspecified atom stereocenters. The van der Waals surface area contributed by atoms with Gasteiger partial charge in [0.15, 0.2) is 0 Å². The lowest BCUT2D eigenvalue weighted by Gasteiger charge is -2.20. The molecule has 0 aliphatic rings. The third kappa shape index (κ3) is 7.45. The summed E-state index contributed by atoms with van der Waals surface area (Å²) in [5, 5.41) is 0. The van der Waals surface area contributed by atoms with Gasteiger partial charge in [-0.15, -0.1) is 6.58 Å². The van der Waals surface area contributed by atoms with Gasteiger partial charge >= 0.3 is 0 Å². The Morgan fingerprint density at radius 1 is 1.36 bits per heavy atom. The summed E-state index contributed by atoms with van der Waals surface area (Å²) in [5.41, 5.74) is 0. The summed E-state index contributed by atoms with van der Waals surface area (Å²) in [4.78, 5) is 2.40. The van der Waals surface area contributed by atoms with E-state index in [4.69, 9.17) is 0 Å². The average Bonchev–Trinajstić information content (AvgIpc) is 2.17. The van der Waals surface area contributed by atoms with Crippen LogP contribution in [0.15, 0.2) is 12.7 Å². The lowest BCUT2D eigenvalue weighted by molar-refractivity contribution is 0.310. The summed E-state index contributed by atoms with van der Waals surface area (Å²) in [5.74, 6) is 3.16. The minimum Gasteiger partial charge on any atom is -0.306 e. The molecule has 0 aromatic rings. The summed E-state index contributed by atoms with van der Waals surface area (Å²) >= 11 is 2.05. The molecule has 2 heteroatoms. The van der Waals surface area contributed by atoms with E-state index in [0.717, 1.165) is 6.54 Å². The minimum atomic E-state index is 0.656. The largest absolute Gasteiger partial charge is 0.306 e. The molecule has 14 heavy (non-hydrogen) atoms. The topological polar surface area (TPSA) is 3.24 Å². The number of hydrogen-bond donors (Lipinski definition) is 0. The van der Waals surface area contributed by atoms with E-state index in [1.165, 1.54) is 30.9 Å². The van der Waals surface area contributed by atoms with E-state index in [9.17, 15) is 0 Å². The molecule has 84 valence electrons. The van der Waals surface area contributed by atoms with Gasteiger partial charge in [-0.3, -0.25) is 0 Å². The van der Waals surface area contributed by atoms with Crippen molar-refractivity contribution in [2.75, 3.05) is 31.6 Å². The zero-order valence-corrected chi connectivity index (χ0v) is 10.8. The molecule has 0 N–H and O–H groups in total. The first-order chi connectivity index (χ1) is 6.74. The molecule has 0 saturated heterocycles. The highest BCUT2D eigenvalue weighted by atomic mass is 32.2. The second kappa shape index (κ2) is 9.60. The molecule has 0 spiro atoms. The van der Waals surface area contributed by atoms with Crippen molar-refractivity contribution in [3.8, 4) is 0 Å². The van der Waals surface area contributed by atoms with Crippen molar-refractivity contribution in [1.29, 1.82) is 0 Å². The molecule has 0 fully saturated rings. The highest BCUT2D eigenvalue weighted by Gasteiger charge is 2.07. The van der Waals surface area contributed by atoms with E-state index >= 15 is 0 Å². The van der Waals surface area contributed by atoms with Crippen LogP contribution in [0.2, 0.25) is 0 Å². The van der Waals surface area contributed by atoms with Gasteiger partial charge in [-0.25, -0.2) is 0 Å². The summed E-state index contributed by atoms with van der Waals surface area (Å²) in [7, 11) is 2.20. The van der Waals surface area contributed by atoms with E-state index in [1.807, 2.05) is 11.8 Å². The fraction of sp³-hybridized carbons (Fsp3) is 0.833. The fourth-order valence-electron chi connectivity index (χ4n) is 1.45. The van der Waals surface area contributed by atoms with E-state index in [1.54, 1.807) is 0 Å². The van der Waals surface area contributed by atoms with Crippen molar-refractivity contribution >= 4 is 11.8 Å². The second-order valence-electron chi connectivity index (χ2n) is 3.83. The van der Waals surface area contributed by atoms with Gasteiger partial charge in [0.2, 0.25) is 0 Å². The van der Waals surface area contributed by atoms with E-state index in [-0.39, 0.29) is 0 Å². The van der Waals surface area contributed by atoms with Gasteiger partial charge < -0.3 is 4.90 Å². The first-order valence-corrected chi connectivity index (χ1v) is 6.78. The normalized spacial score (nSPS) is 13.1.